The van der Waals surface area contributed by atoms with Crippen molar-refractivity contribution in [2.75, 3.05) is 11.5 Å². The van der Waals surface area contributed by atoms with Gasteiger partial charge in [-0.05, 0) is 33.7 Å². The van der Waals surface area contributed by atoms with Crippen molar-refractivity contribution in [2.24, 2.45) is 0 Å². The molecule has 2 aliphatic heterocycles. The number of benzene rings is 1. The van der Waals surface area contributed by atoms with Crippen molar-refractivity contribution in [3.63, 3.8) is 0 Å². The number of fused-ring (bicyclic) bond motifs is 3. The van der Waals surface area contributed by atoms with Crippen LogP contribution >= 0.6 is 0 Å². The Bertz CT molecular complexity index is 1080. The van der Waals surface area contributed by atoms with Crippen molar-refractivity contribution in [1.82, 2.24) is 20.0 Å². The standard InChI is InChI=1S/C18H14N6O5/c25-18-23-13-3-1-11(12-2-4-17(19-8-12)24(26)27)7-15(13)28-10-14(23)16(29-18)9-22-6-5-20-21-22/h1-8,14,16H,9-10H2/t14-,16-/m0/s1. The molecule has 0 unspecified atom stereocenters. The van der Waals surface area contributed by atoms with Crippen LogP contribution in [0.1, 0.15) is 0 Å². The molecule has 2 atom stereocenters. The highest BCUT2D eigenvalue weighted by Gasteiger charge is 2.46. The first-order chi connectivity index (χ1) is 14.1. The first-order valence-corrected chi connectivity index (χ1v) is 8.82. The molecule has 3 aromatic rings. The number of pyridine rings is 1. The van der Waals surface area contributed by atoms with Gasteiger partial charge in [-0.1, -0.05) is 11.3 Å². The predicted octanol–water partition coefficient (Wildman–Crippen LogP) is 2.03. The van der Waals surface area contributed by atoms with E-state index in [0.717, 1.165) is 5.56 Å². The average molecular weight is 394 g/mol. The molecule has 0 saturated carbocycles. The fourth-order valence-electron chi connectivity index (χ4n) is 3.55. The molecule has 11 heteroatoms. The zero-order valence-electron chi connectivity index (χ0n) is 14.9. The Morgan fingerprint density at radius 2 is 2.10 bits per heavy atom. The molecule has 5 rings (SSSR count). The van der Waals surface area contributed by atoms with E-state index in [2.05, 4.69) is 15.3 Å². The van der Waals surface area contributed by atoms with E-state index in [9.17, 15) is 14.9 Å². The number of amides is 1. The van der Waals surface area contributed by atoms with Crippen LogP contribution in [0.3, 0.4) is 0 Å². The van der Waals surface area contributed by atoms with Crippen molar-refractivity contribution in [2.45, 2.75) is 18.7 Å². The molecule has 0 N–H and O–H groups in total. The summed E-state index contributed by atoms with van der Waals surface area (Å²) in [5, 5.41) is 18.4. The first kappa shape index (κ1) is 17.1. The molecule has 0 aliphatic carbocycles. The van der Waals surface area contributed by atoms with Gasteiger partial charge in [0.25, 0.3) is 0 Å². The molecule has 0 bridgehead atoms. The lowest BCUT2D eigenvalue weighted by atomic mass is 10.0. The van der Waals surface area contributed by atoms with Gasteiger partial charge >= 0.3 is 11.9 Å². The van der Waals surface area contributed by atoms with Crippen molar-refractivity contribution in [3.05, 3.63) is 59.0 Å². The summed E-state index contributed by atoms with van der Waals surface area (Å²) in [6.45, 7) is 0.665. The quantitative estimate of drug-likeness (QED) is 0.486. The molecule has 146 valence electrons. The van der Waals surface area contributed by atoms with E-state index in [4.69, 9.17) is 9.47 Å². The smallest absolute Gasteiger partial charge is 0.415 e. The molecule has 11 nitrogen and oxygen atoms in total. The minimum absolute atomic E-state index is 0.218. The summed E-state index contributed by atoms with van der Waals surface area (Å²) in [5.74, 6) is 0.319. The van der Waals surface area contributed by atoms with E-state index in [1.807, 2.05) is 6.07 Å². The number of carbonyl (C=O) groups is 1. The number of ether oxygens (including phenoxy) is 2. The second kappa shape index (κ2) is 6.55. The van der Waals surface area contributed by atoms with Crippen LogP contribution in [-0.2, 0) is 11.3 Å². The van der Waals surface area contributed by atoms with Crippen molar-refractivity contribution >= 4 is 17.6 Å². The fraction of sp³-hybridized carbons (Fsp3) is 0.222. The molecule has 1 saturated heterocycles. The lowest BCUT2D eigenvalue weighted by Gasteiger charge is -2.31. The maximum absolute atomic E-state index is 12.5. The Balaban J connectivity index is 1.42. The normalized spacial score (nSPS) is 19.9. The van der Waals surface area contributed by atoms with Gasteiger partial charge in [-0.25, -0.2) is 9.48 Å². The first-order valence-electron chi connectivity index (χ1n) is 8.82. The Morgan fingerprint density at radius 1 is 1.24 bits per heavy atom. The summed E-state index contributed by atoms with van der Waals surface area (Å²) >= 11 is 0. The van der Waals surface area contributed by atoms with Crippen LogP contribution in [0, 0.1) is 10.1 Å². The van der Waals surface area contributed by atoms with E-state index < -0.39 is 17.1 Å². The molecule has 2 aromatic heterocycles. The average Bonchev–Trinajstić information content (AvgIpc) is 3.36. The van der Waals surface area contributed by atoms with Gasteiger partial charge in [0.2, 0.25) is 0 Å². The molecule has 1 amide bonds. The van der Waals surface area contributed by atoms with Crippen LogP contribution in [0.15, 0.2) is 48.9 Å². The van der Waals surface area contributed by atoms with E-state index in [0.29, 0.717) is 23.5 Å². The third kappa shape index (κ3) is 2.92. The van der Waals surface area contributed by atoms with Crippen LogP contribution in [0.4, 0.5) is 16.3 Å². The second-order valence-electron chi connectivity index (χ2n) is 6.64. The minimum atomic E-state index is -0.547. The predicted molar refractivity (Wildman–Crippen MR) is 98.4 cm³/mol. The number of hydrogen-bond donors (Lipinski definition) is 0. The highest BCUT2D eigenvalue weighted by atomic mass is 16.6. The Hall–Kier alpha value is -4.02. The Labute approximate surface area is 163 Å². The molecular formula is C18H14N6O5. The summed E-state index contributed by atoms with van der Waals surface area (Å²) in [6.07, 6.45) is 3.86. The number of rotatable bonds is 4. The van der Waals surface area contributed by atoms with Gasteiger partial charge in [0.1, 0.15) is 30.7 Å². The van der Waals surface area contributed by atoms with Gasteiger partial charge in [0, 0.05) is 17.8 Å². The van der Waals surface area contributed by atoms with Crippen molar-refractivity contribution in [3.8, 4) is 16.9 Å². The molecular weight excluding hydrogens is 380 g/mol. The number of cyclic esters (lactones) is 1. The lowest BCUT2D eigenvalue weighted by molar-refractivity contribution is -0.389. The SMILES string of the molecule is O=C1O[C@@H](Cn2ccnn2)[C@@H]2COc3cc(-c4ccc([N+](=O)[O-])nc4)ccc3N12. The number of anilines is 1. The lowest BCUT2D eigenvalue weighted by Crippen LogP contribution is -2.45. The molecule has 0 spiro atoms. The van der Waals surface area contributed by atoms with Gasteiger partial charge in [-0.15, -0.1) is 5.10 Å². The Morgan fingerprint density at radius 3 is 2.83 bits per heavy atom. The summed E-state index contributed by atoms with van der Waals surface area (Å²) in [6, 6.07) is 8.07. The summed E-state index contributed by atoms with van der Waals surface area (Å²) in [4.78, 5) is 28.2. The molecule has 29 heavy (non-hydrogen) atoms. The monoisotopic (exact) mass is 394 g/mol. The molecule has 2 aliphatic rings. The third-order valence-electron chi connectivity index (χ3n) is 4.95. The maximum atomic E-state index is 12.5. The summed E-state index contributed by atoms with van der Waals surface area (Å²) in [5.41, 5.74) is 2.10. The topological polar surface area (TPSA) is 126 Å². The van der Waals surface area contributed by atoms with Crippen LogP contribution in [0.25, 0.3) is 11.1 Å². The molecule has 1 aromatic carbocycles. The zero-order valence-corrected chi connectivity index (χ0v) is 14.9. The highest BCUT2D eigenvalue weighted by Crippen LogP contribution is 2.41. The summed E-state index contributed by atoms with van der Waals surface area (Å²) < 4.78 is 13.1. The highest BCUT2D eigenvalue weighted by molar-refractivity contribution is 5.94. The minimum Gasteiger partial charge on any atom is -0.489 e. The molecule has 4 heterocycles. The number of carbonyl (C=O) groups excluding carboxylic acids is 1. The van der Waals surface area contributed by atoms with E-state index >= 15 is 0 Å². The van der Waals surface area contributed by atoms with Gasteiger partial charge in [-0.2, -0.15) is 0 Å². The molecule has 1 fully saturated rings. The van der Waals surface area contributed by atoms with Crippen molar-refractivity contribution in [1.29, 1.82) is 0 Å². The van der Waals surface area contributed by atoms with Crippen molar-refractivity contribution < 1.29 is 19.2 Å². The largest absolute Gasteiger partial charge is 0.489 e. The number of aromatic nitrogens is 4. The van der Waals surface area contributed by atoms with Gasteiger partial charge in [-0.3, -0.25) is 4.90 Å². The van der Waals surface area contributed by atoms with Gasteiger partial charge in [0.15, 0.2) is 0 Å². The van der Waals surface area contributed by atoms with Crippen LogP contribution < -0.4 is 9.64 Å². The molecule has 0 radical (unpaired) electrons. The number of hydrogen-bond acceptors (Lipinski definition) is 8. The third-order valence-corrected chi connectivity index (χ3v) is 4.95. The fourth-order valence-corrected chi connectivity index (χ4v) is 3.55. The van der Waals surface area contributed by atoms with Crippen LogP contribution in [-0.4, -0.2) is 49.7 Å². The van der Waals surface area contributed by atoms with E-state index in [1.165, 1.54) is 12.3 Å². The van der Waals surface area contributed by atoms with Crippen LogP contribution in [0.5, 0.6) is 5.75 Å². The van der Waals surface area contributed by atoms with Gasteiger partial charge < -0.3 is 19.6 Å². The number of nitrogens with zero attached hydrogens (tertiary/aromatic N) is 6. The Kier molecular flexibility index (Phi) is 3.86. The van der Waals surface area contributed by atoms with Gasteiger partial charge in [0.05, 0.1) is 18.4 Å². The maximum Gasteiger partial charge on any atom is 0.415 e. The second-order valence-corrected chi connectivity index (χ2v) is 6.64. The van der Waals surface area contributed by atoms with Crippen LogP contribution in [0.2, 0.25) is 0 Å². The van der Waals surface area contributed by atoms with E-state index in [-0.39, 0.29) is 18.5 Å². The zero-order chi connectivity index (χ0) is 20.0. The summed E-state index contributed by atoms with van der Waals surface area (Å²) in [7, 11) is 0. The number of nitro groups is 1. The van der Waals surface area contributed by atoms with E-state index in [1.54, 1.807) is 40.2 Å².